The summed E-state index contributed by atoms with van der Waals surface area (Å²) >= 11 is 5.87. The summed E-state index contributed by atoms with van der Waals surface area (Å²) in [6.07, 6.45) is -0.405. The highest BCUT2D eigenvalue weighted by Crippen LogP contribution is 2.27. The van der Waals surface area contributed by atoms with Crippen LogP contribution >= 0.6 is 11.6 Å². The second-order valence-electron chi connectivity index (χ2n) is 4.63. The van der Waals surface area contributed by atoms with E-state index in [0.717, 1.165) is 0 Å². The van der Waals surface area contributed by atoms with Crippen LogP contribution in [0.5, 0.6) is 0 Å². The van der Waals surface area contributed by atoms with Gasteiger partial charge in [0.05, 0.1) is 17.6 Å². The van der Waals surface area contributed by atoms with Crippen LogP contribution in [-0.2, 0) is 16.3 Å². The average Bonchev–Trinajstić information content (AvgIpc) is 2.64. The van der Waals surface area contributed by atoms with Gasteiger partial charge in [-0.3, -0.25) is 0 Å². The van der Waals surface area contributed by atoms with Gasteiger partial charge >= 0.3 is 0 Å². The van der Waals surface area contributed by atoms with Crippen LogP contribution in [0.2, 0.25) is 5.02 Å². The lowest BCUT2D eigenvalue weighted by molar-refractivity contribution is 0.119. The third-order valence-electron chi connectivity index (χ3n) is 3.29. The molecule has 0 bridgehead atoms. The fourth-order valence-corrected chi connectivity index (χ4v) is 4.34. The molecule has 100 valence electrons. The number of aliphatic hydroxyl groups excluding tert-OH is 1. The van der Waals surface area contributed by atoms with Crippen molar-refractivity contribution in [3.8, 4) is 0 Å². The molecule has 0 saturated carbocycles. The summed E-state index contributed by atoms with van der Waals surface area (Å²) in [4.78, 5) is 0. The van der Waals surface area contributed by atoms with Gasteiger partial charge in [0, 0.05) is 22.9 Å². The number of hydrogen-bond donors (Lipinski definition) is 1. The van der Waals surface area contributed by atoms with Crippen LogP contribution in [0.15, 0.2) is 18.2 Å². The second-order valence-corrected chi connectivity index (χ2v) is 7.27. The van der Waals surface area contributed by atoms with E-state index in [1.54, 1.807) is 6.07 Å². The predicted molar refractivity (Wildman–Crippen MR) is 67.9 cm³/mol. The van der Waals surface area contributed by atoms with Crippen LogP contribution in [0.1, 0.15) is 12.0 Å². The molecule has 1 aliphatic heterocycles. The van der Waals surface area contributed by atoms with Gasteiger partial charge in [0.25, 0.3) is 0 Å². The van der Waals surface area contributed by atoms with E-state index < -0.39 is 21.8 Å². The van der Waals surface area contributed by atoms with Crippen molar-refractivity contribution >= 4 is 21.4 Å². The van der Waals surface area contributed by atoms with Gasteiger partial charge in [-0.25, -0.2) is 12.8 Å². The number of rotatable bonds is 3. The first-order valence-electron chi connectivity index (χ1n) is 5.70. The molecular formula is C12H14ClFO3S. The molecule has 2 atom stereocenters. The maximum Gasteiger partial charge on any atom is 0.150 e. The molecule has 0 aliphatic carbocycles. The Morgan fingerprint density at radius 3 is 2.78 bits per heavy atom. The molecule has 1 saturated heterocycles. The third-order valence-corrected chi connectivity index (χ3v) is 5.43. The Morgan fingerprint density at radius 1 is 1.50 bits per heavy atom. The van der Waals surface area contributed by atoms with E-state index in [9.17, 15) is 17.9 Å². The van der Waals surface area contributed by atoms with Crippen LogP contribution in [-0.4, -0.2) is 31.1 Å². The monoisotopic (exact) mass is 292 g/mol. The minimum absolute atomic E-state index is 0.0275. The van der Waals surface area contributed by atoms with E-state index >= 15 is 0 Å². The molecule has 18 heavy (non-hydrogen) atoms. The molecule has 1 aliphatic rings. The molecular weight excluding hydrogens is 279 g/mol. The molecule has 1 aromatic carbocycles. The molecule has 3 nitrogen and oxygen atoms in total. The van der Waals surface area contributed by atoms with Crippen molar-refractivity contribution < 1.29 is 17.9 Å². The normalized spacial score (nSPS) is 24.1. The number of sulfone groups is 1. The highest BCUT2D eigenvalue weighted by molar-refractivity contribution is 7.91. The molecule has 1 N–H and O–H groups in total. The van der Waals surface area contributed by atoms with E-state index in [1.165, 1.54) is 12.1 Å². The maximum absolute atomic E-state index is 13.5. The number of benzene rings is 1. The Bertz CT molecular complexity index is 524. The van der Waals surface area contributed by atoms with Crippen LogP contribution in [0.4, 0.5) is 4.39 Å². The lowest BCUT2D eigenvalue weighted by Gasteiger charge is -2.17. The molecule has 1 fully saturated rings. The van der Waals surface area contributed by atoms with Crippen molar-refractivity contribution in [2.24, 2.45) is 5.92 Å². The zero-order chi connectivity index (χ0) is 13.3. The van der Waals surface area contributed by atoms with E-state index in [4.69, 9.17) is 11.6 Å². The number of aliphatic hydroxyl groups is 1. The minimum Gasteiger partial charge on any atom is -0.392 e. The summed E-state index contributed by atoms with van der Waals surface area (Å²) in [5.41, 5.74) is 0.246. The minimum atomic E-state index is -3.04. The van der Waals surface area contributed by atoms with Crippen molar-refractivity contribution in [1.29, 1.82) is 0 Å². The smallest absolute Gasteiger partial charge is 0.150 e. The zero-order valence-corrected chi connectivity index (χ0v) is 11.2. The quantitative estimate of drug-likeness (QED) is 0.924. The first kappa shape index (κ1) is 13.8. The molecule has 0 radical (unpaired) electrons. The van der Waals surface area contributed by atoms with E-state index in [-0.39, 0.29) is 34.4 Å². The average molecular weight is 293 g/mol. The number of hydrogen-bond acceptors (Lipinski definition) is 3. The van der Waals surface area contributed by atoms with Crippen molar-refractivity contribution in [3.05, 3.63) is 34.6 Å². The van der Waals surface area contributed by atoms with Gasteiger partial charge in [0.15, 0.2) is 9.84 Å². The van der Waals surface area contributed by atoms with Gasteiger partial charge in [0.1, 0.15) is 5.82 Å². The van der Waals surface area contributed by atoms with Crippen molar-refractivity contribution in [1.82, 2.24) is 0 Å². The van der Waals surface area contributed by atoms with Crippen LogP contribution in [0.25, 0.3) is 0 Å². The van der Waals surface area contributed by atoms with E-state index in [0.29, 0.717) is 6.42 Å². The summed E-state index contributed by atoms with van der Waals surface area (Å²) in [6.45, 7) is 0. The molecule has 1 heterocycles. The van der Waals surface area contributed by atoms with Crippen molar-refractivity contribution in [3.63, 3.8) is 0 Å². The topological polar surface area (TPSA) is 54.4 Å². The third kappa shape index (κ3) is 3.02. The Hall–Kier alpha value is -0.650. The second kappa shape index (κ2) is 5.15. The zero-order valence-electron chi connectivity index (χ0n) is 9.64. The van der Waals surface area contributed by atoms with Gasteiger partial charge in [0.2, 0.25) is 0 Å². The summed E-state index contributed by atoms with van der Waals surface area (Å²) in [5, 5.41) is 10.3. The van der Waals surface area contributed by atoms with Crippen LogP contribution in [0, 0.1) is 11.7 Å². The standard InChI is InChI=1S/C12H14ClFO3S/c13-10-2-1-3-11(14)9(10)6-12(15)8-4-5-18(16,17)7-8/h1-3,8,12,15H,4-7H2. The first-order valence-corrected chi connectivity index (χ1v) is 7.90. The highest BCUT2D eigenvalue weighted by atomic mass is 35.5. The molecule has 0 spiro atoms. The molecule has 0 aromatic heterocycles. The predicted octanol–water partition coefficient (Wildman–Crippen LogP) is 1.82. The van der Waals surface area contributed by atoms with E-state index in [1.807, 2.05) is 0 Å². The summed E-state index contributed by atoms with van der Waals surface area (Å²) in [6, 6.07) is 4.32. The summed E-state index contributed by atoms with van der Waals surface area (Å²) < 4.78 is 36.2. The van der Waals surface area contributed by atoms with Gasteiger partial charge in [-0.1, -0.05) is 17.7 Å². The molecule has 2 unspecified atom stereocenters. The van der Waals surface area contributed by atoms with Crippen molar-refractivity contribution in [2.45, 2.75) is 18.9 Å². The van der Waals surface area contributed by atoms with Gasteiger partial charge in [-0.05, 0) is 18.6 Å². The van der Waals surface area contributed by atoms with Crippen molar-refractivity contribution in [2.75, 3.05) is 11.5 Å². The molecule has 1 aromatic rings. The molecule has 0 amide bonds. The van der Waals surface area contributed by atoms with Gasteiger partial charge in [-0.15, -0.1) is 0 Å². The maximum atomic E-state index is 13.5. The largest absolute Gasteiger partial charge is 0.392 e. The Kier molecular flexibility index (Phi) is 3.94. The highest BCUT2D eigenvalue weighted by Gasteiger charge is 2.33. The molecule has 6 heteroatoms. The fraction of sp³-hybridized carbons (Fsp3) is 0.500. The van der Waals surface area contributed by atoms with E-state index in [2.05, 4.69) is 0 Å². The molecule has 2 rings (SSSR count). The van der Waals surface area contributed by atoms with Crippen LogP contribution in [0.3, 0.4) is 0 Å². The SMILES string of the molecule is O=S1(=O)CCC(C(O)Cc2c(F)cccc2Cl)C1. The Morgan fingerprint density at radius 2 is 2.22 bits per heavy atom. The Labute approximate surface area is 111 Å². The van der Waals surface area contributed by atoms with Gasteiger partial charge in [-0.2, -0.15) is 0 Å². The summed E-state index contributed by atoms with van der Waals surface area (Å²) in [7, 11) is -3.04. The first-order chi connectivity index (χ1) is 8.39. The fourth-order valence-electron chi connectivity index (χ4n) is 2.23. The van der Waals surface area contributed by atoms with Gasteiger partial charge < -0.3 is 5.11 Å². The van der Waals surface area contributed by atoms with Crippen LogP contribution < -0.4 is 0 Å². The lowest BCUT2D eigenvalue weighted by Crippen LogP contribution is -2.24. The Balaban J connectivity index is 2.10. The summed E-state index contributed by atoms with van der Waals surface area (Å²) in [5.74, 6) is -0.729. The lowest BCUT2D eigenvalue weighted by atomic mass is 9.95. The number of halogens is 2.